The van der Waals surface area contributed by atoms with E-state index in [1.807, 2.05) is 0 Å². The van der Waals surface area contributed by atoms with E-state index in [2.05, 4.69) is 25.7 Å². The highest BCUT2D eigenvalue weighted by molar-refractivity contribution is 6.65. The fraction of sp³-hybridized carbons (Fsp3) is 1.00. The molecule has 0 spiro atoms. The Morgan fingerprint density at radius 2 is 1.92 bits per heavy atom. The van der Waals surface area contributed by atoms with Gasteiger partial charge in [-0.3, -0.25) is 0 Å². The summed E-state index contributed by atoms with van der Waals surface area (Å²) in [5.74, 6) is 0. The largest absolute Gasteiger partial charge is 0.459 e. The maximum Gasteiger partial charge on any atom is 0.173 e. The second-order valence-corrected chi connectivity index (χ2v) is 9.37. The summed E-state index contributed by atoms with van der Waals surface area (Å²) in [7, 11) is -1.74. The first-order valence-electron chi connectivity index (χ1n) is 5.30. The van der Waals surface area contributed by atoms with Gasteiger partial charge in [0, 0.05) is 19.3 Å². The van der Waals surface area contributed by atoms with Crippen molar-refractivity contribution < 1.29 is 4.12 Å². The van der Waals surface area contributed by atoms with Crippen molar-refractivity contribution in [2.75, 3.05) is 19.3 Å². The molecule has 5 heteroatoms. The van der Waals surface area contributed by atoms with Gasteiger partial charge in [0.25, 0.3) is 0 Å². The fourth-order valence-corrected chi connectivity index (χ4v) is 7.01. The average Bonchev–Trinajstić information content (AvgIpc) is 2.14. The van der Waals surface area contributed by atoms with Crippen LogP contribution in [0.2, 0.25) is 18.6 Å². The molecule has 0 rings (SSSR count). The summed E-state index contributed by atoms with van der Waals surface area (Å²) in [6.07, 6.45) is 1.07. The van der Waals surface area contributed by atoms with Gasteiger partial charge in [0.05, 0.1) is 0 Å². The van der Waals surface area contributed by atoms with Gasteiger partial charge in [-0.05, 0) is 18.6 Å². The van der Waals surface area contributed by atoms with E-state index in [0.717, 1.165) is 19.3 Å². The van der Waals surface area contributed by atoms with Crippen LogP contribution in [0.4, 0.5) is 0 Å². The van der Waals surface area contributed by atoms with E-state index in [1.165, 1.54) is 12.1 Å². The third kappa shape index (κ3) is 7.39. The molecule has 0 saturated heterocycles. The third-order valence-electron chi connectivity index (χ3n) is 2.09. The average molecular weight is 220 g/mol. The zero-order valence-corrected chi connectivity index (χ0v) is 11.5. The van der Waals surface area contributed by atoms with Crippen molar-refractivity contribution >= 4 is 18.1 Å². The molecule has 0 aliphatic heterocycles. The van der Waals surface area contributed by atoms with Crippen LogP contribution in [0.1, 0.15) is 13.8 Å². The van der Waals surface area contributed by atoms with Crippen molar-refractivity contribution in [2.24, 2.45) is 5.73 Å². The van der Waals surface area contributed by atoms with E-state index in [9.17, 15) is 0 Å². The molecule has 1 unspecified atom stereocenters. The summed E-state index contributed by atoms with van der Waals surface area (Å²) >= 11 is 0. The molecular weight excluding hydrogens is 196 g/mol. The molecule has 0 radical (unpaired) electrons. The standard InChI is InChI=1S/C8H24N2OSi2/c1-4-13(5-2)11-12(3)8-10-7-6-9/h10,12-13H,4-9H2,1-3H3. The third-order valence-corrected chi connectivity index (χ3v) is 8.17. The van der Waals surface area contributed by atoms with Crippen LogP contribution in [0, 0.1) is 0 Å². The van der Waals surface area contributed by atoms with Gasteiger partial charge in [0.1, 0.15) is 0 Å². The molecule has 80 valence electrons. The quantitative estimate of drug-likeness (QED) is 0.454. The highest BCUT2D eigenvalue weighted by atomic mass is 28.4. The molecular formula is C8H24N2OSi2. The van der Waals surface area contributed by atoms with Crippen molar-refractivity contribution in [2.45, 2.75) is 32.5 Å². The molecule has 0 aliphatic carbocycles. The maximum absolute atomic E-state index is 6.07. The lowest BCUT2D eigenvalue weighted by Gasteiger charge is -2.18. The first-order chi connectivity index (χ1) is 6.24. The summed E-state index contributed by atoms with van der Waals surface area (Å²) in [4.78, 5) is 0. The SMILES string of the molecule is CC[SiH](CC)O[SiH](C)CNCCN. The van der Waals surface area contributed by atoms with Crippen molar-refractivity contribution in [3.63, 3.8) is 0 Å². The number of rotatable bonds is 8. The first kappa shape index (κ1) is 13.3. The molecule has 13 heavy (non-hydrogen) atoms. The monoisotopic (exact) mass is 220 g/mol. The summed E-state index contributed by atoms with van der Waals surface area (Å²) in [6.45, 7) is 8.41. The molecule has 0 heterocycles. The molecule has 0 aromatic carbocycles. The molecule has 0 aromatic heterocycles. The van der Waals surface area contributed by atoms with Crippen molar-refractivity contribution in [3.05, 3.63) is 0 Å². The van der Waals surface area contributed by atoms with Gasteiger partial charge in [-0.25, -0.2) is 0 Å². The Morgan fingerprint density at radius 1 is 1.31 bits per heavy atom. The normalized spacial score (nSPS) is 13.6. The topological polar surface area (TPSA) is 47.3 Å². The minimum Gasteiger partial charge on any atom is -0.459 e. The molecule has 0 aliphatic rings. The molecule has 3 N–H and O–H groups in total. The predicted octanol–water partition coefficient (Wildman–Crippen LogP) is 0.208. The van der Waals surface area contributed by atoms with Crippen LogP contribution >= 0.6 is 0 Å². The predicted molar refractivity (Wildman–Crippen MR) is 64.1 cm³/mol. The van der Waals surface area contributed by atoms with Crippen molar-refractivity contribution in [1.29, 1.82) is 0 Å². The van der Waals surface area contributed by atoms with E-state index in [-0.39, 0.29) is 0 Å². The molecule has 0 saturated carbocycles. The highest BCUT2D eigenvalue weighted by Crippen LogP contribution is 2.01. The smallest absolute Gasteiger partial charge is 0.173 e. The number of nitrogens with two attached hydrogens (primary N) is 1. The lowest BCUT2D eigenvalue weighted by atomic mass is 10.7. The van der Waals surface area contributed by atoms with E-state index >= 15 is 0 Å². The Bertz CT molecular complexity index is 112. The maximum atomic E-state index is 6.07. The van der Waals surface area contributed by atoms with Crippen molar-refractivity contribution in [3.8, 4) is 0 Å². The molecule has 1 atom stereocenters. The van der Waals surface area contributed by atoms with E-state index in [1.54, 1.807) is 0 Å². The van der Waals surface area contributed by atoms with Crippen LogP contribution in [-0.4, -0.2) is 37.3 Å². The molecule has 0 amide bonds. The Labute approximate surface area is 85.5 Å². The summed E-state index contributed by atoms with van der Waals surface area (Å²) < 4.78 is 6.07. The summed E-state index contributed by atoms with van der Waals surface area (Å²) in [6, 6.07) is 2.54. The van der Waals surface area contributed by atoms with E-state index in [0.29, 0.717) is 0 Å². The molecule has 0 aromatic rings. The van der Waals surface area contributed by atoms with Gasteiger partial charge >= 0.3 is 0 Å². The second-order valence-electron chi connectivity index (χ2n) is 3.38. The Hall–Kier alpha value is 0.314. The minimum atomic E-state index is -0.932. The number of hydrogen-bond acceptors (Lipinski definition) is 3. The zero-order valence-electron chi connectivity index (χ0n) is 9.18. The van der Waals surface area contributed by atoms with Gasteiger partial charge in [0.15, 0.2) is 18.1 Å². The fourth-order valence-electron chi connectivity index (χ4n) is 1.27. The Kier molecular flexibility index (Phi) is 9.11. The van der Waals surface area contributed by atoms with Crippen LogP contribution in [0.25, 0.3) is 0 Å². The molecule has 3 nitrogen and oxygen atoms in total. The van der Waals surface area contributed by atoms with Gasteiger partial charge in [-0.1, -0.05) is 13.8 Å². The first-order valence-corrected chi connectivity index (χ1v) is 9.85. The summed E-state index contributed by atoms with van der Waals surface area (Å²) in [5.41, 5.74) is 5.39. The van der Waals surface area contributed by atoms with Crippen LogP contribution in [-0.2, 0) is 4.12 Å². The zero-order chi connectivity index (χ0) is 10.1. The van der Waals surface area contributed by atoms with Crippen LogP contribution in [0.3, 0.4) is 0 Å². The second kappa shape index (κ2) is 8.89. The van der Waals surface area contributed by atoms with Gasteiger partial charge in [-0.15, -0.1) is 0 Å². The van der Waals surface area contributed by atoms with Crippen molar-refractivity contribution in [1.82, 2.24) is 5.32 Å². The van der Waals surface area contributed by atoms with Crippen LogP contribution < -0.4 is 11.1 Å². The highest BCUT2D eigenvalue weighted by Gasteiger charge is 2.11. The number of nitrogens with one attached hydrogen (secondary N) is 1. The van der Waals surface area contributed by atoms with E-state index in [4.69, 9.17) is 9.85 Å². The Morgan fingerprint density at radius 3 is 2.38 bits per heavy atom. The molecule has 0 bridgehead atoms. The number of hydrogen-bond donors (Lipinski definition) is 2. The minimum absolute atomic E-state index is 0.726. The van der Waals surface area contributed by atoms with Crippen LogP contribution in [0.5, 0.6) is 0 Å². The van der Waals surface area contributed by atoms with Gasteiger partial charge in [-0.2, -0.15) is 0 Å². The van der Waals surface area contributed by atoms with Gasteiger partial charge in [0.2, 0.25) is 0 Å². The Balaban J connectivity index is 3.42. The summed E-state index contributed by atoms with van der Waals surface area (Å²) in [5, 5.41) is 3.32. The lowest BCUT2D eigenvalue weighted by Crippen LogP contribution is -2.37. The molecule has 0 fully saturated rings. The van der Waals surface area contributed by atoms with Gasteiger partial charge < -0.3 is 15.2 Å². The van der Waals surface area contributed by atoms with E-state index < -0.39 is 18.1 Å². The lowest BCUT2D eigenvalue weighted by molar-refractivity contribution is 0.571. The van der Waals surface area contributed by atoms with Crippen LogP contribution in [0.15, 0.2) is 0 Å².